The second-order valence-corrected chi connectivity index (χ2v) is 11.3. The molecule has 0 aromatic heterocycles. The smallest absolute Gasteiger partial charge is 0.237 e. The van der Waals surface area contributed by atoms with Crippen molar-refractivity contribution in [3.05, 3.63) is 64.6 Å². The molecule has 184 valence electrons. The van der Waals surface area contributed by atoms with E-state index >= 15 is 0 Å². The lowest BCUT2D eigenvalue weighted by Gasteiger charge is -2.39. The van der Waals surface area contributed by atoms with Gasteiger partial charge in [-0.25, -0.2) is 13.1 Å². The van der Waals surface area contributed by atoms with Crippen molar-refractivity contribution in [1.29, 1.82) is 0 Å². The standard InChI is InChI=1S/C24H30BrN3O5S/c1-27(16-18-7-4-3-5-8-18)23(29)13-19-17-28(24(30)15-26-34(2,31)32)12-11-22(19)33-21-10-6-9-20(25)14-21/h3-10,14,19,22,26H,11-13,15-17H2,1-2H3/t19-,22-/m0/s1. The Bertz CT molecular complexity index is 1100. The number of nitrogens with zero attached hydrogens (tertiary/aromatic N) is 2. The number of hydrogen-bond donors (Lipinski definition) is 1. The number of halogens is 1. The maximum atomic E-state index is 13.1. The topological polar surface area (TPSA) is 96.0 Å². The second kappa shape index (κ2) is 11.8. The molecule has 0 unspecified atom stereocenters. The van der Waals surface area contributed by atoms with Gasteiger partial charge in [-0.3, -0.25) is 9.59 Å². The van der Waals surface area contributed by atoms with Crippen LogP contribution in [0.3, 0.4) is 0 Å². The van der Waals surface area contributed by atoms with Crippen molar-refractivity contribution in [2.45, 2.75) is 25.5 Å². The van der Waals surface area contributed by atoms with Gasteiger partial charge in [-0.2, -0.15) is 0 Å². The Morgan fingerprint density at radius 2 is 1.91 bits per heavy atom. The number of rotatable bonds is 9. The fourth-order valence-corrected chi connectivity index (χ4v) is 4.70. The van der Waals surface area contributed by atoms with E-state index in [2.05, 4.69) is 20.7 Å². The molecule has 2 amide bonds. The fourth-order valence-electron chi connectivity index (χ4n) is 3.93. The molecule has 0 saturated carbocycles. The summed E-state index contributed by atoms with van der Waals surface area (Å²) in [5, 5.41) is 0. The third-order valence-corrected chi connectivity index (χ3v) is 6.87. The zero-order valence-corrected chi connectivity index (χ0v) is 21.7. The highest BCUT2D eigenvalue weighted by molar-refractivity contribution is 9.10. The van der Waals surface area contributed by atoms with Crippen molar-refractivity contribution in [2.24, 2.45) is 5.92 Å². The van der Waals surface area contributed by atoms with E-state index in [-0.39, 0.29) is 36.8 Å². The molecule has 0 bridgehead atoms. The SMILES string of the molecule is CN(Cc1ccccc1)C(=O)C[C@H]1CN(C(=O)CNS(C)(=O)=O)CC[C@@H]1Oc1cccc(Br)c1. The summed E-state index contributed by atoms with van der Waals surface area (Å²) in [5.74, 6) is 0.0929. The van der Waals surface area contributed by atoms with Crippen molar-refractivity contribution in [3.63, 3.8) is 0 Å². The highest BCUT2D eigenvalue weighted by atomic mass is 79.9. The summed E-state index contributed by atoms with van der Waals surface area (Å²) in [7, 11) is -1.71. The van der Waals surface area contributed by atoms with Gasteiger partial charge in [0.1, 0.15) is 11.9 Å². The van der Waals surface area contributed by atoms with Crippen LogP contribution < -0.4 is 9.46 Å². The highest BCUT2D eigenvalue weighted by Crippen LogP contribution is 2.28. The molecule has 0 aliphatic carbocycles. The number of carbonyl (C=O) groups excluding carboxylic acids is 2. The zero-order chi connectivity index (χ0) is 24.7. The van der Waals surface area contributed by atoms with E-state index in [1.54, 1.807) is 16.8 Å². The Morgan fingerprint density at radius 1 is 1.18 bits per heavy atom. The van der Waals surface area contributed by atoms with Gasteiger partial charge in [-0.15, -0.1) is 0 Å². The van der Waals surface area contributed by atoms with Gasteiger partial charge >= 0.3 is 0 Å². The Labute approximate surface area is 209 Å². The summed E-state index contributed by atoms with van der Waals surface area (Å²) in [6.45, 7) is 0.927. The van der Waals surface area contributed by atoms with E-state index in [1.165, 1.54) is 0 Å². The van der Waals surface area contributed by atoms with Crippen LogP contribution in [0.1, 0.15) is 18.4 Å². The molecule has 1 aliphatic rings. The molecule has 2 aromatic rings. The first kappa shape index (κ1) is 26.2. The van der Waals surface area contributed by atoms with E-state index < -0.39 is 10.0 Å². The second-order valence-electron chi connectivity index (χ2n) is 8.53. The molecule has 1 heterocycles. The van der Waals surface area contributed by atoms with Gasteiger partial charge in [0.05, 0.1) is 12.8 Å². The summed E-state index contributed by atoms with van der Waals surface area (Å²) in [5.41, 5.74) is 1.03. The van der Waals surface area contributed by atoms with Crippen LogP contribution >= 0.6 is 15.9 Å². The molecular formula is C24H30BrN3O5S. The first-order chi connectivity index (χ1) is 16.1. The highest BCUT2D eigenvalue weighted by Gasteiger charge is 2.35. The van der Waals surface area contributed by atoms with E-state index in [0.29, 0.717) is 31.8 Å². The van der Waals surface area contributed by atoms with E-state index in [4.69, 9.17) is 4.74 Å². The van der Waals surface area contributed by atoms with Crippen molar-refractivity contribution in [2.75, 3.05) is 32.9 Å². The molecule has 2 atom stereocenters. The molecule has 0 spiro atoms. The molecule has 0 radical (unpaired) electrons. The monoisotopic (exact) mass is 551 g/mol. The minimum atomic E-state index is -3.47. The molecule has 1 aliphatic heterocycles. The van der Waals surface area contributed by atoms with Gasteiger partial charge in [-0.1, -0.05) is 52.3 Å². The van der Waals surface area contributed by atoms with Crippen LogP contribution in [0.4, 0.5) is 0 Å². The molecule has 1 fully saturated rings. The lowest BCUT2D eigenvalue weighted by molar-refractivity contribution is -0.138. The predicted molar refractivity (Wildman–Crippen MR) is 134 cm³/mol. The zero-order valence-electron chi connectivity index (χ0n) is 19.3. The molecule has 1 saturated heterocycles. The Morgan fingerprint density at radius 3 is 2.59 bits per heavy atom. The van der Waals surface area contributed by atoms with E-state index in [0.717, 1.165) is 16.3 Å². The number of ether oxygens (including phenoxy) is 1. The number of amides is 2. The normalized spacial score (nSPS) is 18.4. The third-order valence-electron chi connectivity index (χ3n) is 5.71. The molecule has 2 aromatic carbocycles. The van der Waals surface area contributed by atoms with Crippen LogP contribution in [0.15, 0.2) is 59.1 Å². The maximum Gasteiger partial charge on any atom is 0.237 e. The number of nitrogens with one attached hydrogen (secondary N) is 1. The first-order valence-corrected chi connectivity index (χ1v) is 13.7. The van der Waals surface area contributed by atoms with Crippen LogP contribution in [-0.2, 0) is 26.2 Å². The predicted octanol–water partition coefficient (Wildman–Crippen LogP) is 2.64. The third kappa shape index (κ3) is 8.11. The van der Waals surface area contributed by atoms with Crippen LogP contribution in [0.25, 0.3) is 0 Å². The Hall–Kier alpha value is -2.43. The van der Waals surface area contributed by atoms with Gasteiger partial charge in [0.15, 0.2) is 0 Å². The van der Waals surface area contributed by atoms with Crippen molar-refractivity contribution >= 4 is 37.8 Å². The molecular weight excluding hydrogens is 522 g/mol. The van der Waals surface area contributed by atoms with Crippen molar-refractivity contribution < 1.29 is 22.7 Å². The summed E-state index contributed by atoms with van der Waals surface area (Å²) in [4.78, 5) is 29.0. The summed E-state index contributed by atoms with van der Waals surface area (Å²) >= 11 is 3.45. The average Bonchev–Trinajstić information content (AvgIpc) is 2.78. The fraction of sp³-hybridized carbons (Fsp3) is 0.417. The number of carbonyl (C=O) groups is 2. The average molecular weight is 552 g/mol. The first-order valence-electron chi connectivity index (χ1n) is 11.0. The molecule has 8 nitrogen and oxygen atoms in total. The lowest BCUT2D eigenvalue weighted by atomic mass is 9.90. The summed E-state index contributed by atoms with van der Waals surface area (Å²) in [6.07, 6.45) is 1.51. The molecule has 34 heavy (non-hydrogen) atoms. The van der Waals surface area contributed by atoms with E-state index in [9.17, 15) is 18.0 Å². The number of benzene rings is 2. The van der Waals surface area contributed by atoms with Crippen molar-refractivity contribution in [3.8, 4) is 5.75 Å². The van der Waals surface area contributed by atoms with Gasteiger partial charge in [0.2, 0.25) is 21.8 Å². The largest absolute Gasteiger partial charge is 0.490 e. The van der Waals surface area contributed by atoms with Gasteiger partial charge < -0.3 is 14.5 Å². The van der Waals surface area contributed by atoms with Crippen LogP contribution in [-0.4, -0.2) is 69.1 Å². The maximum absolute atomic E-state index is 13.1. The number of hydrogen-bond acceptors (Lipinski definition) is 5. The van der Waals surface area contributed by atoms with Crippen molar-refractivity contribution in [1.82, 2.24) is 14.5 Å². The van der Waals surface area contributed by atoms with Crippen LogP contribution in [0, 0.1) is 5.92 Å². The number of likely N-dealkylation sites (tertiary alicyclic amines) is 1. The van der Waals surface area contributed by atoms with Crippen LogP contribution in [0.2, 0.25) is 0 Å². The molecule has 3 rings (SSSR count). The van der Waals surface area contributed by atoms with Gasteiger partial charge in [0.25, 0.3) is 0 Å². The van der Waals surface area contributed by atoms with Crippen LogP contribution in [0.5, 0.6) is 5.75 Å². The molecule has 10 heteroatoms. The minimum absolute atomic E-state index is 0.0414. The van der Waals surface area contributed by atoms with Gasteiger partial charge in [0, 0.05) is 49.9 Å². The Balaban J connectivity index is 1.70. The lowest BCUT2D eigenvalue weighted by Crippen LogP contribution is -2.51. The van der Waals surface area contributed by atoms with E-state index in [1.807, 2.05) is 54.6 Å². The molecule has 1 N–H and O–H groups in total. The number of piperidine rings is 1. The quantitative estimate of drug-likeness (QED) is 0.516. The summed E-state index contributed by atoms with van der Waals surface area (Å²) < 4.78 is 32.1. The summed E-state index contributed by atoms with van der Waals surface area (Å²) in [6, 6.07) is 17.3. The van der Waals surface area contributed by atoms with Gasteiger partial charge in [-0.05, 0) is 23.8 Å². The number of sulfonamides is 1. The Kier molecular flexibility index (Phi) is 9.10. The minimum Gasteiger partial charge on any atom is -0.490 e.